The molecule has 0 fully saturated rings. The fraction of sp³-hybridized carbons (Fsp3) is 0.583. The van der Waals surface area contributed by atoms with Crippen LogP contribution in [-0.4, -0.2) is 29.1 Å². The number of rotatable bonds is 3. The summed E-state index contributed by atoms with van der Waals surface area (Å²) in [5.74, 6) is -0.415. The molecule has 0 radical (unpaired) electrons. The number of aromatic nitrogens is 1. The van der Waals surface area contributed by atoms with Gasteiger partial charge in [0.2, 0.25) is 0 Å². The van der Waals surface area contributed by atoms with Crippen LogP contribution in [0.3, 0.4) is 0 Å². The molecule has 0 saturated carbocycles. The maximum Gasteiger partial charge on any atom is 0.350 e. The Labute approximate surface area is 116 Å². The second-order valence-corrected chi connectivity index (χ2v) is 5.98. The van der Waals surface area contributed by atoms with Crippen LogP contribution < -0.4 is 10.6 Å². The van der Waals surface area contributed by atoms with Crippen LogP contribution in [0, 0.1) is 6.92 Å². The van der Waals surface area contributed by atoms with Gasteiger partial charge in [-0.1, -0.05) is 11.3 Å². The molecule has 19 heavy (non-hydrogen) atoms. The molecule has 106 valence electrons. The van der Waals surface area contributed by atoms with E-state index >= 15 is 0 Å². The molecular formula is C12H19N3O3S. The average Bonchev–Trinajstić information content (AvgIpc) is 2.56. The van der Waals surface area contributed by atoms with Gasteiger partial charge in [0.1, 0.15) is 4.88 Å². The maximum absolute atomic E-state index is 11.7. The number of nitrogens with one attached hydrogen (secondary N) is 2. The van der Waals surface area contributed by atoms with Crippen LogP contribution in [0.4, 0.5) is 9.93 Å². The van der Waals surface area contributed by atoms with Crippen molar-refractivity contribution in [2.24, 2.45) is 0 Å². The highest BCUT2D eigenvalue weighted by molar-refractivity contribution is 7.17. The van der Waals surface area contributed by atoms with Crippen LogP contribution in [0.5, 0.6) is 0 Å². The fourth-order valence-electron chi connectivity index (χ4n) is 1.30. The number of anilines is 1. The van der Waals surface area contributed by atoms with Crippen molar-refractivity contribution in [3.63, 3.8) is 0 Å². The lowest BCUT2D eigenvalue weighted by atomic mass is 10.1. The normalized spacial score (nSPS) is 11.0. The Hall–Kier alpha value is -1.63. The predicted octanol–water partition coefficient (Wildman–Crippen LogP) is 2.55. The van der Waals surface area contributed by atoms with E-state index in [0.717, 1.165) is 11.3 Å². The van der Waals surface area contributed by atoms with Gasteiger partial charge in [-0.25, -0.2) is 14.6 Å². The van der Waals surface area contributed by atoms with E-state index in [1.807, 2.05) is 20.8 Å². The highest BCUT2D eigenvalue weighted by Crippen LogP contribution is 2.23. The summed E-state index contributed by atoms with van der Waals surface area (Å²) in [5.41, 5.74) is 0.217. The van der Waals surface area contributed by atoms with Gasteiger partial charge in [0.05, 0.1) is 12.3 Å². The molecule has 1 aromatic heterocycles. The molecular weight excluding hydrogens is 266 g/mol. The lowest BCUT2D eigenvalue weighted by Crippen LogP contribution is -2.43. The molecule has 0 aliphatic rings. The van der Waals surface area contributed by atoms with Gasteiger partial charge in [0.15, 0.2) is 5.13 Å². The number of nitrogens with zero attached hydrogens (tertiary/aromatic N) is 1. The lowest BCUT2D eigenvalue weighted by Gasteiger charge is -2.20. The van der Waals surface area contributed by atoms with Crippen LogP contribution >= 0.6 is 11.3 Å². The molecule has 6 nitrogen and oxygen atoms in total. The Kier molecular flexibility index (Phi) is 4.88. The monoisotopic (exact) mass is 285 g/mol. The van der Waals surface area contributed by atoms with Crippen molar-refractivity contribution in [2.75, 3.05) is 11.9 Å². The van der Waals surface area contributed by atoms with Gasteiger partial charge >= 0.3 is 12.0 Å². The van der Waals surface area contributed by atoms with Crippen molar-refractivity contribution < 1.29 is 14.3 Å². The Balaban J connectivity index is 2.74. The topological polar surface area (TPSA) is 80.3 Å². The summed E-state index contributed by atoms with van der Waals surface area (Å²) in [4.78, 5) is 27.8. The molecule has 0 saturated heterocycles. The third kappa shape index (κ3) is 4.86. The molecule has 2 amide bonds. The van der Waals surface area contributed by atoms with E-state index < -0.39 is 5.97 Å². The third-order valence-electron chi connectivity index (χ3n) is 1.97. The molecule has 7 heteroatoms. The molecule has 0 spiro atoms. The van der Waals surface area contributed by atoms with Crippen molar-refractivity contribution in [1.29, 1.82) is 0 Å². The highest BCUT2D eigenvalue weighted by atomic mass is 32.1. The number of amides is 2. The molecule has 1 rings (SSSR count). The molecule has 0 bridgehead atoms. The molecule has 0 aliphatic carbocycles. The second-order valence-electron chi connectivity index (χ2n) is 4.98. The molecule has 2 N–H and O–H groups in total. The summed E-state index contributed by atoms with van der Waals surface area (Å²) in [5, 5.41) is 5.73. The van der Waals surface area contributed by atoms with E-state index in [0.29, 0.717) is 22.3 Å². The first-order valence-electron chi connectivity index (χ1n) is 5.96. The number of hydrogen-bond donors (Lipinski definition) is 2. The van der Waals surface area contributed by atoms with Crippen molar-refractivity contribution in [3.8, 4) is 0 Å². The molecule has 0 unspecified atom stereocenters. The third-order valence-corrected chi connectivity index (χ3v) is 3.02. The van der Waals surface area contributed by atoms with Gasteiger partial charge in [-0.05, 0) is 34.6 Å². The Bertz CT molecular complexity index is 477. The Morgan fingerprint density at radius 1 is 1.37 bits per heavy atom. The molecule has 1 heterocycles. The minimum atomic E-state index is -0.415. The predicted molar refractivity (Wildman–Crippen MR) is 74.7 cm³/mol. The van der Waals surface area contributed by atoms with Gasteiger partial charge in [-0.15, -0.1) is 0 Å². The van der Waals surface area contributed by atoms with Crippen molar-refractivity contribution in [3.05, 3.63) is 10.6 Å². The summed E-state index contributed by atoms with van der Waals surface area (Å²) in [6.07, 6.45) is 0. The summed E-state index contributed by atoms with van der Waals surface area (Å²) in [7, 11) is 0. The number of esters is 1. The molecule has 0 atom stereocenters. The molecule has 0 aliphatic heterocycles. The summed E-state index contributed by atoms with van der Waals surface area (Å²) < 4.78 is 4.91. The smallest absolute Gasteiger partial charge is 0.350 e. The zero-order valence-electron chi connectivity index (χ0n) is 11.8. The molecule has 0 aromatic carbocycles. The van der Waals surface area contributed by atoms with E-state index in [-0.39, 0.29) is 11.6 Å². The average molecular weight is 285 g/mol. The van der Waals surface area contributed by atoms with Crippen LogP contribution in [0.1, 0.15) is 43.1 Å². The number of ether oxygens (including phenoxy) is 1. The van der Waals surface area contributed by atoms with Crippen molar-refractivity contribution in [2.45, 2.75) is 40.2 Å². The minimum absolute atomic E-state index is 0.309. The quantitative estimate of drug-likeness (QED) is 0.836. The van der Waals surface area contributed by atoms with Crippen LogP contribution in [0.2, 0.25) is 0 Å². The first-order chi connectivity index (χ1) is 8.73. The van der Waals surface area contributed by atoms with E-state index in [1.165, 1.54) is 0 Å². The second kappa shape index (κ2) is 6.01. The zero-order chi connectivity index (χ0) is 14.6. The molecule has 1 aromatic rings. The number of thiazole rings is 1. The summed E-state index contributed by atoms with van der Waals surface area (Å²) >= 11 is 1.10. The first-order valence-corrected chi connectivity index (χ1v) is 6.78. The van der Waals surface area contributed by atoms with Crippen molar-refractivity contribution >= 4 is 28.5 Å². The fourth-order valence-corrected chi connectivity index (χ4v) is 2.16. The SMILES string of the molecule is CCOC(=O)c1sc(NC(=O)NC(C)(C)C)nc1C. The highest BCUT2D eigenvalue weighted by Gasteiger charge is 2.19. The van der Waals surface area contributed by atoms with Gasteiger partial charge in [0, 0.05) is 5.54 Å². The lowest BCUT2D eigenvalue weighted by molar-refractivity contribution is 0.0531. The zero-order valence-corrected chi connectivity index (χ0v) is 12.6. The number of hydrogen-bond acceptors (Lipinski definition) is 5. The summed E-state index contributed by atoms with van der Waals surface area (Å²) in [6, 6.07) is -0.350. The van der Waals surface area contributed by atoms with Gasteiger partial charge in [-0.3, -0.25) is 5.32 Å². The van der Waals surface area contributed by atoms with Gasteiger partial charge in [0.25, 0.3) is 0 Å². The maximum atomic E-state index is 11.7. The number of aryl methyl sites for hydroxylation is 1. The van der Waals surface area contributed by atoms with E-state index in [1.54, 1.807) is 13.8 Å². The van der Waals surface area contributed by atoms with Crippen LogP contribution in [-0.2, 0) is 4.74 Å². The van der Waals surface area contributed by atoms with Crippen LogP contribution in [0.15, 0.2) is 0 Å². The van der Waals surface area contributed by atoms with E-state index in [9.17, 15) is 9.59 Å². The van der Waals surface area contributed by atoms with Gasteiger partial charge in [-0.2, -0.15) is 0 Å². The number of urea groups is 1. The largest absolute Gasteiger partial charge is 0.462 e. The Morgan fingerprint density at radius 3 is 2.53 bits per heavy atom. The van der Waals surface area contributed by atoms with Crippen LogP contribution in [0.25, 0.3) is 0 Å². The van der Waals surface area contributed by atoms with Crippen molar-refractivity contribution in [1.82, 2.24) is 10.3 Å². The number of carbonyl (C=O) groups excluding carboxylic acids is 2. The summed E-state index contributed by atoms with van der Waals surface area (Å²) in [6.45, 7) is 9.39. The van der Waals surface area contributed by atoms with Gasteiger partial charge < -0.3 is 10.1 Å². The van der Waals surface area contributed by atoms with E-state index in [2.05, 4.69) is 15.6 Å². The first kappa shape index (κ1) is 15.4. The Morgan fingerprint density at radius 2 is 2.00 bits per heavy atom. The van der Waals surface area contributed by atoms with E-state index in [4.69, 9.17) is 4.74 Å². The standard InChI is InChI=1S/C12H19N3O3S/c1-6-18-9(16)8-7(2)13-11(19-8)14-10(17)15-12(3,4)5/h6H2,1-5H3,(H2,13,14,15,17). The minimum Gasteiger partial charge on any atom is -0.462 e. The number of carbonyl (C=O) groups is 2.